The molecule has 1 aromatic heterocycles. The van der Waals surface area contributed by atoms with E-state index in [9.17, 15) is 26.4 Å². The van der Waals surface area contributed by atoms with E-state index in [0.717, 1.165) is 17.6 Å². The lowest BCUT2D eigenvalue weighted by Gasteiger charge is -2.13. The first-order chi connectivity index (χ1) is 13.9. The van der Waals surface area contributed by atoms with E-state index < -0.39 is 31.6 Å². The zero-order valence-electron chi connectivity index (χ0n) is 16.6. The van der Waals surface area contributed by atoms with Gasteiger partial charge in [-0.3, -0.25) is 4.79 Å². The van der Waals surface area contributed by atoms with Crippen LogP contribution in [0.1, 0.15) is 43.6 Å². The Hall–Kier alpha value is -2.24. The van der Waals surface area contributed by atoms with Crippen LogP contribution in [-0.2, 0) is 36.6 Å². The van der Waals surface area contributed by atoms with Gasteiger partial charge in [-0.2, -0.15) is 0 Å². The van der Waals surface area contributed by atoms with Crippen molar-refractivity contribution in [1.82, 2.24) is 0 Å². The molecule has 1 aliphatic heterocycles. The van der Waals surface area contributed by atoms with Crippen LogP contribution in [0.4, 0.5) is 5.00 Å². The summed E-state index contributed by atoms with van der Waals surface area (Å²) in [6.45, 7) is 3.45. The lowest BCUT2D eigenvalue weighted by atomic mass is 10.1. The van der Waals surface area contributed by atoms with Crippen LogP contribution in [0.2, 0.25) is 0 Å². The van der Waals surface area contributed by atoms with E-state index in [1.165, 1.54) is 18.2 Å². The number of nitrogens with one attached hydrogen (secondary N) is 1. The Labute approximate surface area is 179 Å². The fraction of sp³-hybridized carbons (Fsp3) is 0.368. The molecule has 1 aliphatic rings. The first-order valence-electron chi connectivity index (χ1n) is 9.07. The third kappa shape index (κ3) is 4.57. The van der Waals surface area contributed by atoms with Gasteiger partial charge < -0.3 is 10.1 Å². The smallest absolute Gasteiger partial charge is 0.341 e. The summed E-state index contributed by atoms with van der Waals surface area (Å²) >= 11 is 1.03. The lowest BCUT2D eigenvalue weighted by molar-refractivity contribution is 0.0526. The summed E-state index contributed by atoms with van der Waals surface area (Å²) < 4.78 is 52.8. The fourth-order valence-corrected chi connectivity index (χ4v) is 6.86. The number of esters is 1. The number of carbonyl (C=O) groups is 2. The van der Waals surface area contributed by atoms with Crippen molar-refractivity contribution in [2.75, 3.05) is 23.9 Å². The molecule has 0 bridgehead atoms. The Morgan fingerprint density at radius 1 is 1.27 bits per heavy atom. The van der Waals surface area contributed by atoms with Gasteiger partial charge in [0.25, 0.3) is 5.91 Å². The zero-order chi connectivity index (χ0) is 22.3. The molecule has 0 spiro atoms. The molecule has 0 saturated heterocycles. The molecular formula is C19H21NO7S3. The molecule has 0 aliphatic carbocycles. The number of sulfone groups is 2. The summed E-state index contributed by atoms with van der Waals surface area (Å²) in [6.07, 6.45) is 1.22. The molecule has 1 N–H and O–H groups in total. The average Bonchev–Trinajstić information content (AvgIpc) is 2.96. The standard InChI is InChI=1S/C19H21NO7S3/c1-4-27-19(22)16-13-7-8-30(25,26)10-15(13)28-18(16)20-17(21)14-9-12(29(3,23)24)6-5-11(14)2/h5-6,9H,4,7-8,10H2,1-3H3,(H,20,21). The van der Waals surface area contributed by atoms with E-state index in [-0.39, 0.29) is 45.6 Å². The molecule has 3 rings (SSSR count). The van der Waals surface area contributed by atoms with Crippen LogP contribution in [0.15, 0.2) is 23.1 Å². The maximum atomic E-state index is 12.9. The summed E-state index contributed by atoms with van der Waals surface area (Å²) in [5.41, 5.74) is 1.44. The minimum absolute atomic E-state index is 0.000401. The van der Waals surface area contributed by atoms with Gasteiger partial charge in [0, 0.05) is 16.7 Å². The fourth-order valence-electron chi connectivity index (χ4n) is 3.18. The zero-order valence-corrected chi connectivity index (χ0v) is 19.1. The lowest BCUT2D eigenvalue weighted by Crippen LogP contribution is -2.20. The second kappa shape index (κ2) is 8.12. The summed E-state index contributed by atoms with van der Waals surface area (Å²) in [5.74, 6) is -1.50. The SMILES string of the molecule is CCOC(=O)c1c(NC(=O)c2cc(S(C)(=O)=O)ccc2C)sc2c1CCS(=O)(=O)C2. The van der Waals surface area contributed by atoms with Crippen molar-refractivity contribution in [1.29, 1.82) is 0 Å². The van der Waals surface area contributed by atoms with Gasteiger partial charge in [0.05, 0.1) is 28.6 Å². The third-order valence-electron chi connectivity index (χ3n) is 4.69. The minimum Gasteiger partial charge on any atom is -0.462 e. The van der Waals surface area contributed by atoms with Gasteiger partial charge in [-0.05, 0) is 43.5 Å². The molecule has 0 atom stereocenters. The Morgan fingerprint density at radius 3 is 2.60 bits per heavy atom. The Kier molecular flexibility index (Phi) is 6.08. The number of ether oxygens (including phenoxy) is 1. The average molecular weight is 472 g/mol. The number of aryl methyl sites for hydroxylation is 1. The van der Waals surface area contributed by atoms with E-state index in [2.05, 4.69) is 5.32 Å². The summed E-state index contributed by atoms with van der Waals surface area (Å²) in [4.78, 5) is 26.0. The number of hydrogen-bond donors (Lipinski definition) is 1. The van der Waals surface area contributed by atoms with E-state index in [1.807, 2.05) is 0 Å². The van der Waals surface area contributed by atoms with Crippen LogP contribution < -0.4 is 5.32 Å². The molecular weight excluding hydrogens is 450 g/mol. The molecule has 0 radical (unpaired) electrons. The monoisotopic (exact) mass is 471 g/mol. The highest BCUT2D eigenvalue weighted by atomic mass is 32.2. The topological polar surface area (TPSA) is 124 Å². The number of carbonyl (C=O) groups excluding carboxylic acids is 2. The first-order valence-corrected chi connectivity index (χ1v) is 13.6. The largest absolute Gasteiger partial charge is 0.462 e. The molecule has 2 aromatic rings. The molecule has 2 heterocycles. The Bertz CT molecular complexity index is 1240. The number of benzene rings is 1. The molecule has 0 saturated carbocycles. The van der Waals surface area contributed by atoms with Crippen LogP contribution >= 0.6 is 11.3 Å². The summed E-state index contributed by atoms with van der Waals surface area (Å²) in [5, 5.41) is 2.86. The van der Waals surface area contributed by atoms with Crippen molar-refractivity contribution in [3.8, 4) is 0 Å². The number of rotatable bonds is 5. The number of hydrogen-bond acceptors (Lipinski definition) is 8. The van der Waals surface area contributed by atoms with E-state index >= 15 is 0 Å². The van der Waals surface area contributed by atoms with Crippen LogP contribution in [0.5, 0.6) is 0 Å². The molecule has 0 fully saturated rings. The van der Waals surface area contributed by atoms with Crippen LogP contribution in [-0.4, -0.2) is 47.3 Å². The van der Waals surface area contributed by atoms with Gasteiger partial charge >= 0.3 is 5.97 Å². The maximum Gasteiger partial charge on any atom is 0.341 e. The van der Waals surface area contributed by atoms with Gasteiger partial charge in [0.15, 0.2) is 19.7 Å². The molecule has 0 unspecified atom stereocenters. The summed E-state index contributed by atoms with van der Waals surface area (Å²) in [6, 6.07) is 4.23. The van der Waals surface area contributed by atoms with Crippen LogP contribution in [0, 0.1) is 6.92 Å². The van der Waals surface area contributed by atoms with E-state index in [0.29, 0.717) is 16.0 Å². The number of amides is 1. The predicted molar refractivity (Wildman–Crippen MR) is 114 cm³/mol. The Balaban J connectivity index is 2.04. The molecule has 8 nitrogen and oxygen atoms in total. The maximum absolute atomic E-state index is 12.9. The van der Waals surface area contributed by atoms with Crippen LogP contribution in [0.25, 0.3) is 0 Å². The van der Waals surface area contributed by atoms with Crippen molar-refractivity contribution in [3.05, 3.63) is 45.3 Å². The third-order valence-corrected chi connectivity index (χ3v) is 8.69. The summed E-state index contributed by atoms with van der Waals surface area (Å²) in [7, 11) is -6.78. The molecule has 1 aromatic carbocycles. The quantitative estimate of drug-likeness (QED) is 0.664. The number of thiophene rings is 1. The van der Waals surface area contributed by atoms with Crippen molar-refractivity contribution in [3.63, 3.8) is 0 Å². The molecule has 162 valence electrons. The molecule has 30 heavy (non-hydrogen) atoms. The normalized spacial score (nSPS) is 15.3. The van der Waals surface area contributed by atoms with Gasteiger partial charge in [-0.15, -0.1) is 11.3 Å². The van der Waals surface area contributed by atoms with Gasteiger partial charge in [-0.1, -0.05) is 6.07 Å². The highest BCUT2D eigenvalue weighted by molar-refractivity contribution is 7.91. The molecule has 1 amide bonds. The second-order valence-electron chi connectivity index (χ2n) is 6.97. The van der Waals surface area contributed by atoms with Gasteiger partial charge in [-0.25, -0.2) is 21.6 Å². The van der Waals surface area contributed by atoms with Gasteiger partial charge in [0.2, 0.25) is 0 Å². The van der Waals surface area contributed by atoms with Crippen molar-refractivity contribution < 1.29 is 31.2 Å². The molecule has 11 heteroatoms. The first kappa shape index (κ1) is 22.4. The second-order valence-corrected chi connectivity index (χ2v) is 12.3. The predicted octanol–water partition coefficient (Wildman–Crippen LogP) is 2.36. The Morgan fingerprint density at radius 2 is 1.97 bits per heavy atom. The van der Waals surface area contributed by atoms with Crippen molar-refractivity contribution in [2.45, 2.75) is 30.9 Å². The van der Waals surface area contributed by atoms with E-state index in [4.69, 9.17) is 4.74 Å². The van der Waals surface area contributed by atoms with Crippen molar-refractivity contribution >= 4 is 47.9 Å². The van der Waals surface area contributed by atoms with Gasteiger partial charge in [0.1, 0.15) is 5.00 Å². The minimum atomic E-state index is -3.51. The number of anilines is 1. The highest BCUT2D eigenvalue weighted by Crippen LogP contribution is 2.38. The number of fused-ring (bicyclic) bond motifs is 1. The van der Waals surface area contributed by atoms with E-state index in [1.54, 1.807) is 13.8 Å². The highest BCUT2D eigenvalue weighted by Gasteiger charge is 2.32. The van der Waals surface area contributed by atoms with Crippen LogP contribution in [0.3, 0.4) is 0 Å². The van der Waals surface area contributed by atoms with Crippen molar-refractivity contribution in [2.24, 2.45) is 0 Å².